The van der Waals surface area contributed by atoms with Crippen LogP contribution < -0.4 is 5.32 Å². The van der Waals surface area contributed by atoms with Crippen LogP contribution in [-0.2, 0) is 13.6 Å². The molecule has 9 heteroatoms. The van der Waals surface area contributed by atoms with E-state index in [0.717, 1.165) is 0 Å². The second-order valence-corrected chi connectivity index (χ2v) is 7.26. The molecule has 21 heavy (non-hydrogen) atoms. The molecule has 0 bridgehead atoms. The summed E-state index contributed by atoms with van der Waals surface area (Å²) >= 11 is 1.32. The van der Waals surface area contributed by atoms with Crippen molar-refractivity contribution in [3.05, 3.63) is 35.3 Å². The van der Waals surface area contributed by atoms with Crippen LogP contribution >= 0.6 is 18.9 Å². The molecule has 0 spiro atoms. The zero-order valence-electron chi connectivity index (χ0n) is 11.4. The molecule has 0 aliphatic heterocycles. The zero-order chi connectivity index (χ0) is 15.5. The van der Waals surface area contributed by atoms with Crippen molar-refractivity contribution < 1.29 is 23.8 Å². The number of hydrogen-bond acceptors (Lipinski definition) is 8. The maximum Gasteiger partial charge on any atom is 0.356 e. The third-order valence-electron chi connectivity index (χ3n) is 2.83. The van der Waals surface area contributed by atoms with E-state index in [4.69, 9.17) is 9.05 Å². The summed E-state index contributed by atoms with van der Waals surface area (Å²) in [6.45, 7) is 0. The summed E-state index contributed by atoms with van der Waals surface area (Å²) in [5.41, 5.74) is 0.438. The number of aromatic nitrogens is 1. The van der Waals surface area contributed by atoms with Gasteiger partial charge in [-0.2, -0.15) is 0 Å². The molecular formula is C12H15N2O5PS. The molecule has 2 rings (SSSR count). The number of hydrogen-bond donors (Lipinski definition) is 3. The highest BCUT2D eigenvalue weighted by atomic mass is 32.1. The van der Waals surface area contributed by atoms with Gasteiger partial charge in [-0.15, -0.1) is 11.3 Å². The maximum atomic E-state index is 12.7. The molecule has 114 valence electrons. The largest absolute Gasteiger partial charge is 0.504 e. The molecule has 0 aliphatic rings. The molecule has 1 aromatic carbocycles. The van der Waals surface area contributed by atoms with Crippen LogP contribution in [0.5, 0.6) is 11.5 Å². The summed E-state index contributed by atoms with van der Waals surface area (Å²) < 4.78 is 22.8. The summed E-state index contributed by atoms with van der Waals surface area (Å²) in [7, 11) is -0.969. The van der Waals surface area contributed by atoms with Crippen molar-refractivity contribution in [2.45, 2.75) is 5.78 Å². The van der Waals surface area contributed by atoms with Gasteiger partial charge in [0.05, 0.1) is 0 Å². The Bertz CT molecular complexity index is 641. The smallest absolute Gasteiger partial charge is 0.356 e. The predicted octanol–water partition coefficient (Wildman–Crippen LogP) is 3.15. The van der Waals surface area contributed by atoms with Crippen LogP contribution in [0.2, 0.25) is 0 Å². The predicted molar refractivity (Wildman–Crippen MR) is 79.9 cm³/mol. The Morgan fingerprint density at radius 1 is 1.29 bits per heavy atom. The van der Waals surface area contributed by atoms with Gasteiger partial charge in [0, 0.05) is 25.8 Å². The first-order chi connectivity index (χ1) is 10.00. The van der Waals surface area contributed by atoms with Gasteiger partial charge >= 0.3 is 7.60 Å². The van der Waals surface area contributed by atoms with E-state index in [1.165, 1.54) is 43.8 Å². The van der Waals surface area contributed by atoms with Crippen LogP contribution in [-0.4, -0.2) is 29.4 Å². The number of benzene rings is 1. The Labute approximate surface area is 125 Å². The van der Waals surface area contributed by atoms with Crippen LogP contribution in [0.25, 0.3) is 0 Å². The van der Waals surface area contributed by atoms with Gasteiger partial charge < -0.3 is 24.6 Å². The Morgan fingerprint density at radius 2 is 2.00 bits per heavy atom. The topological polar surface area (TPSA) is 101 Å². The summed E-state index contributed by atoms with van der Waals surface area (Å²) in [4.78, 5) is 4.07. The highest BCUT2D eigenvalue weighted by Gasteiger charge is 2.36. The lowest BCUT2D eigenvalue weighted by atomic mass is 10.2. The van der Waals surface area contributed by atoms with Crippen molar-refractivity contribution in [3.63, 3.8) is 0 Å². The summed E-state index contributed by atoms with van der Waals surface area (Å²) in [5, 5.41) is 24.3. The Kier molecular flexibility index (Phi) is 4.84. The molecule has 0 fully saturated rings. The van der Waals surface area contributed by atoms with Gasteiger partial charge in [0.1, 0.15) is 0 Å². The number of anilines is 1. The number of rotatable bonds is 6. The second kappa shape index (κ2) is 6.44. The molecule has 3 N–H and O–H groups in total. The van der Waals surface area contributed by atoms with E-state index >= 15 is 0 Å². The number of thiazole rings is 1. The Balaban J connectivity index is 2.44. The summed E-state index contributed by atoms with van der Waals surface area (Å²) in [6, 6.07) is 4.12. The molecule has 1 heterocycles. The number of aromatic hydroxyl groups is 2. The van der Waals surface area contributed by atoms with Crippen molar-refractivity contribution in [2.24, 2.45) is 0 Å². The van der Waals surface area contributed by atoms with E-state index in [9.17, 15) is 14.8 Å². The van der Waals surface area contributed by atoms with Gasteiger partial charge in [-0.25, -0.2) is 4.98 Å². The lowest BCUT2D eigenvalue weighted by Crippen LogP contribution is -2.13. The Hall–Kier alpha value is -1.60. The highest BCUT2D eigenvalue weighted by molar-refractivity contribution is 7.54. The first-order valence-electron chi connectivity index (χ1n) is 5.89. The van der Waals surface area contributed by atoms with Crippen molar-refractivity contribution >= 4 is 24.1 Å². The van der Waals surface area contributed by atoms with E-state index in [1.807, 2.05) is 0 Å². The van der Waals surface area contributed by atoms with Gasteiger partial charge in [-0.3, -0.25) is 4.57 Å². The average Bonchev–Trinajstić information content (AvgIpc) is 3.00. The molecule has 1 atom stereocenters. The molecule has 0 aliphatic carbocycles. The third kappa shape index (κ3) is 3.36. The van der Waals surface area contributed by atoms with Crippen LogP contribution in [0.15, 0.2) is 29.8 Å². The second-order valence-electron chi connectivity index (χ2n) is 4.04. The minimum absolute atomic E-state index is 0.267. The van der Waals surface area contributed by atoms with E-state index in [1.54, 1.807) is 11.6 Å². The van der Waals surface area contributed by atoms with Gasteiger partial charge in [0.2, 0.25) is 0 Å². The zero-order valence-corrected chi connectivity index (χ0v) is 13.1. The van der Waals surface area contributed by atoms with Crippen molar-refractivity contribution in [1.29, 1.82) is 0 Å². The fourth-order valence-electron chi connectivity index (χ4n) is 1.75. The van der Waals surface area contributed by atoms with Gasteiger partial charge in [0.25, 0.3) is 0 Å². The SMILES string of the molecule is COP(=O)(OC)[C@@H](Nc1nccs1)c1ccc(O)c(O)c1. The first kappa shape index (κ1) is 15.8. The fraction of sp³-hybridized carbons (Fsp3) is 0.250. The van der Waals surface area contributed by atoms with Crippen LogP contribution in [0.4, 0.5) is 5.13 Å². The lowest BCUT2D eigenvalue weighted by Gasteiger charge is -2.25. The molecule has 0 saturated heterocycles. The van der Waals surface area contributed by atoms with Crippen LogP contribution in [0.3, 0.4) is 0 Å². The number of phenols is 2. The normalized spacial score (nSPS) is 13.0. The fourth-order valence-corrected chi connectivity index (χ4v) is 3.77. The third-order valence-corrected chi connectivity index (χ3v) is 5.61. The van der Waals surface area contributed by atoms with E-state index in [0.29, 0.717) is 10.7 Å². The standard InChI is InChI=1S/C12H15N2O5PS/c1-18-20(17,19-2)11(14-12-13-5-6-21-12)8-3-4-9(15)10(16)7-8/h3-7,11,15-16H,1-2H3,(H,13,14)/t11-/m1/s1. The summed E-state index contributed by atoms with van der Waals surface area (Å²) in [6.07, 6.45) is 1.60. The molecule has 0 radical (unpaired) electrons. The Morgan fingerprint density at radius 3 is 2.52 bits per heavy atom. The number of nitrogens with one attached hydrogen (secondary N) is 1. The molecule has 2 aromatic rings. The van der Waals surface area contributed by atoms with Crippen LogP contribution in [0.1, 0.15) is 11.3 Å². The molecule has 1 aromatic heterocycles. The first-order valence-corrected chi connectivity index (χ1v) is 8.38. The summed E-state index contributed by atoms with van der Waals surface area (Å²) in [5.74, 6) is -1.46. The highest BCUT2D eigenvalue weighted by Crippen LogP contribution is 2.60. The quantitative estimate of drug-likeness (QED) is 0.552. The van der Waals surface area contributed by atoms with E-state index in [-0.39, 0.29) is 11.5 Å². The van der Waals surface area contributed by atoms with Crippen molar-refractivity contribution in [2.75, 3.05) is 19.5 Å². The van der Waals surface area contributed by atoms with Crippen molar-refractivity contribution in [3.8, 4) is 11.5 Å². The number of phenolic OH excluding ortho intramolecular Hbond substituents is 2. The van der Waals surface area contributed by atoms with Gasteiger partial charge in [-0.1, -0.05) is 6.07 Å². The molecule has 7 nitrogen and oxygen atoms in total. The minimum atomic E-state index is -3.53. The molecule has 0 amide bonds. The number of nitrogens with zero attached hydrogens (tertiary/aromatic N) is 1. The van der Waals surface area contributed by atoms with Gasteiger partial charge in [0.15, 0.2) is 22.4 Å². The molecule has 0 unspecified atom stereocenters. The maximum absolute atomic E-state index is 12.7. The average molecular weight is 330 g/mol. The monoisotopic (exact) mass is 330 g/mol. The van der Waals surface area contributed by atoms with E-state index < -0.39 is 13.4 Å². The van der Waals surface area contributed by atoms with Crippen LogP contribution in [0, 0.1) is 0 Å². The molecule has 0 saturated carbocycles. The molecular weight excluding hydrogens is 315 g/mol. The minimum Gasteiger partial charge on any atom is -0.504 e. The van der Waals surface area contributed by atoms with Crippen molar-refractivity contribution in [1.82, 2.24) is 4.98 Å². The van der Waals surface area contributed by atoms with E-state index in [2.05, 4.69) is 10.3 Å². The van der Waals surface area contributed by atoms with Gasteiger partial charge in [-0.05, 0) is 17.7 Å². The lowest BCUT2D eigenvalue weighted by molar-refractivity contribution is 0.268.